The summed E-state index contributed by atoms with van der Waals surface area (Å²) in [6.45, 7) is 0.668. The van der Waals surface area contributed by atoms with E-state index in [1.54, 1.807) is 0 Å². The van der Waals surface area contributed by atoms with Crippen molar-refractivity contribution in [3.05, 3.63) is 0 Å². The number of nitrogens with one attached hydrogen (secondary N) is 1. The number of rotatable bonds is 7. The van der Waals surface area contributed by atoms with Gasteiger partial charge in [-0.3, -0.25) is 9.59 Å². The van der Waals surface area contributed by atoms with Crippen molar-refractivity contribution < 1.29 is 14.7 Å². The lowest BCUT2D eigenvalue weighted by Gasteiger charge is -2.17. The number of aliphatic carboxylic acids is 1. The minimum atomic E-state index is -1.03. The summed E-state index contributed by atoms with van der Waals surface area (Å²) in [6, 6.07) is -0.924. The van der Waals surface area contributed by atoms with Crippen LogP contribution in [0.15, 0.2) is 0 Å². The maximum atomic E-state index is 11.6. The molecule has 0 aromatic rings. The molecule has 2 fully saturated rings. The summed E-state index contributed by atoms with van der Waals surface area (Å²) in [5.41, 5.74) is 5.49. The number of carbonyl (C=O) groups excluding carboxylic acids is 1. The highest BCUT2D eigenvalue weighted by Crippen LogP contribution is 2.48. The van der Waals surface area contributed by atoms with E-state index in [2.05, 4.69) is 5.32 Å². The van der Waals surface area contributed by atoms with Gasteiger partial charge in [-0.05, 0) is 43.4 Å². The normalized spacial score (nSPS) is 21.3. The Morgan fingerprint density at radius 2 is 1.76 bits per heavy atom. The van der Waals surface area contributed by atoms with Gasteiger partial charge in [-0.25, -0.2) is 0 Å². The van der Waals surface area contributed by atoms with E-state index < -0.39 is 12.0 Å². The molecule has 96 valence electrons. The molecule has 1 atom stereocenters. The number of carboxylic acids is 1. The first kappa shape index (κ1) is 12.4. The van der Waals surface area contributed by atoms with E-state index in [-0.39, 0.29) is 12.3 Å². The van der Waals surface area contributed by atoms with Crippen LogP contribution in [0.5, 0.6) is 0 Å². The van der Waals surface area contributed by atoms with E-state index in [0.717, 1.165) is 11.8 Å². The van der Waals surface area contributed by atoms with Crippen LogP contribution in [0, 0.1) is 17.8 Å². The zero-order valence-corrected chi connectivity index (χ0v) is 9.89. The van der Waals surface area contributed by atoms with Gasteiger partial charge in [-0.1, -0.05) is 0 Å². The van der Waals surface area contributed by atoms with Gasteiger partial charge in [-0.2, -0.15) is 0 Å². The van der Waals surface area contributed by atoms with Crippen molar-refractivity contribution in [1.82, 2.24) is 5.32 Å². The predicted octanol–water partition coefficient (Wildman–Crippen LogP) is 0.341. The number of hydrogen-bond acceptors (Lipinski definition) is 3. The monoisotopic (exact) mass is 240 g/mol. The first-order chi connectivity index (χ1) is 8.08. The highest BCUT2D eigenvalue weighted by atomic mass is 16.4. The van der Waals surface area contributed by atoms with Gasteiger partial charge in [0.05, 0.1) is 12.5 Å². The van der Waals surface area contributed by atoms with Crippen LogP contribution in [0.25, 0.3) is 0 Å². The van der Waals surface area contributed by atoms with E-state index in [1.165, 1.54) is 25.7 Å². The number of hydrogen-bond donors (Lipinski definition) is 3. The van der Waals surface area contributed by atoms with Gasteiger partial charge in [0.1, 0.15) is 0 Å². The number of carboxylic acid groups (broad SMARTS) is 1. The first-order valence-corrected chi connectivity index (χ1v) is 6.33. The van der Waals surface area contributed by atoms with Gasteiger partial charge in [0.15, 0.2) is 0 Å². The molecule has 1 amide bonds. The molecule has 5 nitrogen and oxygen atoms in total. The SMILES string of the molecule is NC(CC(=O)O)C(=O)NCC(C1CC1)C1CC1. The van der Waals surface area contributed by atoms with Crippen LogP contribution in [0.2, 0.25) is 0 Å². The summed E-state index contributed by atoms with van der Waals surface area (Å²) in [7, 11) is 0. The van der Waals surface area contributed by atoms with Crippen molar-refractivity contribution in [1.29, 1.82) is 0 Å². The molecular weight excluding hydrogens is 220 g/mol. The Balaban J connectivity index is 1.72. The zero-order chi connectivity index (χ0) is 12.4. The van der Waals surface area contributed by atoms with Crippen LogP contribution in [0.3, 0.4) is 0 Å². The second-order valence-corrected chi connectivity index (χ2v) is 5.29. The summed E-state index contributed by atoms with van der Waals surface area (Å²) < 4.78 is 0. The molecule has 2 aliphatic rings. The van der Waals surface area contributed by atoms with Crippen LogP contribution in [0.1, 0.15) is 32.1 Å². The average molecular weight is 240 g/mol. The molecule has 2 rings (SSSR count). The fourth-order valence-electron chi connectivity index (χ4n) is 2.40. The highest BCUT2D eigenvalue weighted by Gasteiger charge is 2.41. The Kier molecular flexibility index (Phi) is 3.66. The fourth-order valence-corrected chi connectivity index (χ4v) is 2.40. The third-order valence-electron chi connectivity index (χ3n) is 3.70. The first-order valence-electron chi connectivity index (χ1n) is 6.33. The lowest BCUT2D eigenvalue weighted by atomic mass is 9.98. The maximum absolute atomic E-state index is 11.6. The van der Waals surface area contributed by atoms with E-state index in [4.69, 9.17) is 10.8 Å². The summed E-state index contributed by atoms with van der Waals surface area (Å²) in [5.74, 6) is 0.778. The van der Waals surface area contributed by atoms with E-state index >= 15 is 0 Å². The molecule has 1 unspecified atom stereocenters. The van der Waals surface area contributed by atoms with Crippen LogP contribution < -0.4 is 11.1 Å². The third kappa shape index (κ3) is 3.70. The molecule has 0 saturated heterocycles. The van der Waals surface area contributed by atoms with Gasteiger partial charge in [0, 0.05) is 6.54 Å². The Hall–Kier alpha value is -1.10. The van der Waals surface area contributed by atoms with Crippen molar-refractivity contribution in [2.24, 2.45) is 23.5 Å². The number of nitrogens with two attached hydrogens (primary N) is 1. The standard InChI is InChI=1S/C12H20N2O3/c13-10(5-11(15)16)12(17)14-6-9(7-1-2-7)8-3-4-8/h7-10H,1-6,13H2,(H,14,17)(H,15,16). The number of carbonyl (C=O) groups is 2. The molecule has 0 radical (unpaired) electrons. The molecule has 0 aromatic carbocycles. The summed E-state index contributed by atoms with van der Waals surface area (Å²) in [4.78, 5) is 22.0. The molecule has 2 aliphatic carbocycles. The second kappa shape index (κ2) is 5.04. The van der Waals surface area contributed by atoms with Crippen LogP contribution in [0.4, 0.5) is 0 Å². The molecule has 2 saturated carbocycles. The number of amides is 1. The van der Waals surface area contributed by atoms with Crippen LogP contribution >= 0.6 is 0 Å². The zero-order valence-electron chi connectivity index (χ0n) is 9.89. The Morgan fingerprint density at radius 1 is 1.24 bits per heavy atom. The van der Waals surface area contributed by atoms with E-state index in [9.17, 15) is 9.59 Å². The van der Waals surface area contributed by atoms with Crippen molar-refractivity contribution in [2.45, 2.75) is 38.1 Å². The van der Waals surface area contributed by atoms with Gasteiger partial charge >= 0.3 is 5.97 Å². The molecule has 5 heteroatoms. The van der Waals surface area contributed by atoms with E-state index in [1.807, 2.05) is 0 Å². The van der Waals surface area contributed by atoms with Crippen molar-refractivity contribution >= 4 is 11.9 Å². The lowest BCUT2D eigenvalue weighted by Crippen LogP contribution is -2.44. The van der Waals surface area contributed by atoms with Crippen molar-refractivity contribution in [3.63, 3.8) is 0 Å². The molecule has 4 N–H and O–H groups in total. The predicted molar refractivity (Wildman–Crippen MR) is 62.2 cm³/mol. The lowest BCUT2D eigenvalue weighted by molar-refractivity contribution is -0.139. The topological polar surface area (TPSA) is 92.4 Å². The molecule has 0 bridgehead atoms. The Labute approximate surface area is 101 Å². The maximum Gasteiger partial charge on any atom is 0.305 e. The summed E-state index contributed by atoms with van der Waals surface area (Å²) >= 11 is 0. The Bertz CT molecular complexity index is 299. The quantitative estimate of drug-likeness (QED) is 0.598. The van der Waals surface area contributed by atoms with E-state index in [0.29, 0.717) is 12.5 Å². The van der Waals surface area contributed by atoms with Gasteiger partial charge in [-0.15, -0.1) is 0 Å². The average Bonchev–Trinajstić information content (AvgIpc) is 3.11. The molecule has 0 aliphatic heterocycles. The molecule has 0 spiro atoms. The fraction of sp³-hybridized carbons (Fsp3) is 0.833. The summed E-state index contributed by atoms with van der Waals surface area (Å²) in [5, 5.41) is 11.3. The van der Waals surface area contributed by atoms with Crippen molar-refractivity contribution in [3.8, 4) is 0 Å². The minimum Gasteiger partial charge on any atom is -0.481 e. The van der Waals surface area contributed by atoms with Crippen LogP contribution in [-0.4, -0.2) is 29.6 Å². The Morgan fingerprint density at radius 3 is 2.18 bits per heavy atom. The van der Waals surface area contributed by atoms with Gasteiger partial charge in [0.25, 0.3) is 0 Å². The highest BCUT2D eigenvalue weighted by molar-refractivity contribution is 5.85. The van der Waals surface area contributed by atoms with Gasteiger partial charge in [0.2, 0.25) is 5.91 Å². The second-order valence-electron chi connectivity index (χ2n) is 5.29. The molecule has 17 heavy (non-hydrogen) atoms. The smallest absolute Gasteiger partial charge is 0.305 e. The molecule has 0 heterocycles. The summed E-state index contributed by atoms with van der Waals surface area (Å²) in [6.07, 6.45) is 4.80. The third-order valence-corrected chi connectivity index (χ3v) is 3.70. The van der Waals surface area contributed by atoms with Crippen molar-refractivity contribution in [2.75, 3.05) is 6.54 Å². The molecular formula is C12H20N2O3. The van der Waals surface area contributed by atoms with Crippen LogP contribution in [-0.2, 0) is 9.59 Å². The van der Waals surface area contributed by atoms with Gasteiger partial charge < -0.3 is 16.2 Å². The largest absolute Gasteiger partial charge is 0.481 e. The minimum absolute atomic E-state index is 0.302. The molecule has 0 aromatic heterocycles.